The molecule has 0 bridgehead atoms. The lowest BCUT2D eigenvalue weighted by atomic mass is 10.1. The van der Waals surface area contributed by atoms with Crippen molar-refractivity contribution in [1.82, 2.24) is 0 Å². The average molecular weight is 380 g/mol. The summed E-state index contributed by atoms with van der Waals surface area (Å²) in [5, 5.41) is 12.8. The second kappa shape index (κ2) is 8.36. The minimum Gasteiger partial charge on any atom is -0.388 e. The summed E-state index contributed by atoms with van der Waals surface area (Å²) in [6, 6.07) is 17.0. The number of hydrogen-bond donors (Lipinski definition) is 2. The summed E-state index contributed by atoms with van der Waals surface area (Å²) < 4.78 is 0.921. The van der Waals surface area contributed by atoms with Crippen LogP contribution in [0.3, 0.4) is 0 Å². The number of carbonyl (C=O) groups is 1. The Morgan fingerprint density at radius 1 is 1.23 bits per heavy atom. The van der Waals surface area contributed by atoms with E-state index in [9.17, 15) is 9.90 Å². The summed E-state index contributed by atoms with van der Waals surface area (Å²) in [7, 11) is 0. The fourth-order valence-electron chi connectivity index (χ4n) is 1.89. The summed E-state index contributed by atoms with van der Waals surface area (Å²) in [4.78, 5) is 12.1. The van der Waals surface area contributed by atoms with Crippen molar-refractivity contribution in [1.29, 1.82) is 0 Å². The van der Waals surface area contributed by atoms with Gasteiger partial charge in [-0.2, -0.15) is 0 Å². The molecule has 2 atom stereocenters. The first-order chi connectivity index (χ1) is 10.6. The third-order valence-electron chi connectivity index (χ3n) is 3.15. The number of anilines is 1. The Balaban J connectivity index is 1.84. The molecule has 0 spiro atoms. The Morgan fingerprint density at radius 3 is 2.64 bits per heavy atom. The van der Waals surface area contributed by atoms with Gasteiger partial charge in [-0.15, -0.1) is 11.8 Å². The smallest absolute Gasteiger partial charge is 0.237 e. The fraction of sp³-hybridized carbons (Fsp3) is 0.235. The molecule has 0 aliphatic rings. The van der Waals surface area contributed by atoms with E-state index in [-0.39, 0.29) is 11.2 Å². The second-order valence-corrected chi connectivity index (χ2v) is 7.19. The molecule has 116 valence electrons. The first-order valence-electron chi connectivity index (χ1n) is 6.97. The molecule has 22 heavy (non-hydrogen) atoms. The fourth-order valence-corrected chi connectivity index (χ4v) is 3.17. The van der Waals surface area contributed by atoms with Crippen LogP contribution in [0.15, 0.2) is 59.1 Å². The van der Waals surface area contributed by atoms with E-state index in [1.807, 2.05) is 61.5 Å². The van der Waals surface area contributed by atoms with Gasteiger partial charge in [-0.25, -0.2) is 0 Å². The van der Waals surface area contributed by atoms with Gasteiger partial charge in [0, 0.05) is 15.9 Å². The van der Waals surface area contributed by atoms with Crippen molar-refractivity contribution in [2.45, 2.75) is 18.3 Å². The number of nitrogens with one attached hydrogen (secondary N) is 1. The molecule has 0 aliphatic carbocycles. The number of aliphatic hydroxyl groups excluding tert-OH is 1. The Morgan fingerprint density at radius 2 is 1.95 bits per heavy atom. The van der Waals surface area contributed by atoms with Crippen LogP contribution in [0.4, 0.5) is 5.69 Å². The lowest BCUT2D eigenvalue weighted by Gasteiger charge is -2.15. The first kappa shape index (κ1) is 17.1. The Hall–Kier alpha value is -1.30. The highest BCUT2D eigenvalue weighted by Crippen LogP contribution is 2.22. The topological polar surface area (TPSA) is 49.3 Å². The maximum atomic E-state index is 12.1. The molecule has 3 nitrogen and oxygen atoms in total. The van der Waals surface area contributed by atoms with Crippen molar-refractivity contribution in [2.75, 3.05) is 11.1 Å². The zero-order chi connectivity index (χ0) is 15.9. The minimum atomic E-state index is -0.563. The number of halogens is 1. The van der Waals surface area contributed by atoms with E-state index in [2.05, 4.69) is 21.2 Å². The molecule has 0 fully saturated rings. The van der Waals surface area contributed by atoms with Crippen molar-refractivity contribution in [3.63, 3.8) is 0 Å². The first-order valence-corrected chi connectivity index (χ1v) is 8.81. The van der Waals surface area contributed by atoms with Crippen molar-refractivity contribution in [3.05, 3.63) is 64.6 Å². The summed E-state index contributed by atoms with van der Waals surface area (Å²) in [5.41, 5.74) is 1.63. The Kier molecular flexibility index (Phi) is 6.49. The maximum absolute atomic E-state index is 12.1. The quantitative estimate of drug-likeness (QED) is 0.788. The average Bonchev–Trinajstić information content (AvgIpc) is 2.53. The van der Waals surface area contributed by atoms with Crippen LogP contribution in [0, 0.1) is 0 Å². The third-order valence-corrected chi connectivity index (χ3v) is 4.87. The van der Waals surface area contributed by atoms with Crippen LogP contribution in [-0.4, -0.2) is 22.0 Å². The minimum absolute atomic E-state index is 0.0663. The molecule has 2 N–H and O–H groups in total. The van der Waals surface area contributed by atoms with Crippen molar-refractivity contribution in [3.8, 4) is 0 Å². The van der Waals surface area contributed by atoms with Crippen LogP contribution in [0.2, 0.25) is 0 Å². The largest absolute Gasteiger partial charge is 0.388 e. The van der Waals surface area contributed by atoms with Crippen molar-refractivity contribution in [2.24, 2.45) is 0 Å². The molecular formula is C17H18BrNO2S. The van der Waals surface area contributed by atoms with Crippen LogP contribution in [0.1, 0.15) is 18.6 Å². The van der Waals surface area contributed by atoms with Crippen LogP contribution in [0.5, 0.6) is 0 Å². The van der Waals surface area contributed by atoms with E-state index in [1.54, 1.807) is 0 Å². The molecule has 0 saturated heterocycles. The van der Waals surface area contributed by atoms with Gasteiger partial charge in [0.1, 0.15) is 0 Å². The van der Waals surface area contributed by atoms with Crippen molar-refractivity contribution < 1.29 is 9.90 Å². The zero-order valence-electron chi connectivity index (χ0n) is 12.2. The van der Waals surface area contributed by atoms with Gasteiger partial charge in [0.15, 0.2) is 0 Å². The van der Waals surface area contributed by atoms with E-state index in [0.717, 1.165) is 15.7 Å². The van der Waals surface area contributed by atoms with Gasteiger partial charge in [0.05, 0.1) is 11.4 Å². The van der Waals surface area contributed by atoms with Crippen molar-refractivity contribution >= 4 is 39.3 Å². The van der Waals surface area contributed by atoms with Gasteiger partial charge >= 0.3 is 0 Å². The molecule has 2 aromatic carbocycles. The molecule has 5 heteroatoms. The van der Waals surface area contributed by atoms with Gasteiger partial charge in [-0.1, -0.05) is 52.3 Å². The van der Waals surface area contributed by atoms with E-state index >= 15 is 0 Å². The predicted octanol–water partition coefficient (Wildman–Crippen LogP) is 4.24. The molecule has 0 radical (unpaired) electrons. The normalized spacial score (nSPS) is 13.4. The second-order valence-electron chi connectivity index (χ2n) is 4.90. The zero-order valence-corrected chi connectivity index (χ0v) is 14.6. The molecular weight excluding hydrogens is 362 g/mol. The number of rotatable bonds is 6. The highest BCUT2D eigenvalue weighted by Gasteiger charge is 2.16. The molecule has 2 aromatic rings. The van der Waals surface area contributed by atoms with E-state index in [0.29, 0.717) is 5.75 Å². The standard InChI is InChI=1S/C17H18BrNO2S/c1-12(17(21)19-15-9-5-8-14(18)10-15)22-11-16(20)13-6-3-2-4-7-13/h2-10,12,16,20H,11H2,1H3,(H,19,21). The van der Waals surface area contributed by atoms with Crippen LogP contribution in [-0.2, 0) is 4.79 Å². The highest BCUT2D eigenvalue weighted by molar-refractivity contribution is 9.10. The molecule has 2 rings (SSSR count). The van der Waals surface area contributed by atoms with Gasteiger partial charge in [0.25, 0.3) is 0 Å². The lowest BCUT2D eigenvalue weighted by molar-refractivity contribution is -0.115. The van der Waals surface area contributed by atoms with E-state index in [4.69, 9.17) is 0 Å². The molecule has 2 unspecified atom stereocenters. The molecule has 0 heterocycles. The van der Waals surface area contributed by atoms with Gasteiger partial charge in [-0.3, -0.25) is 4.79 Å². The Bertz CT molecular complexity index is 621. The van der Waals surface area contributed by atoms with Crippen LogP contribution in [0.25, 0.3) is 0 Å². The van der Waals surface area contributed by atoms with E-state index in [1.165, 1.54) is 11.8 Å². The molecule has 0 aliphatic heterocycles. The summed E-state index contributed by atoms with van der Waals surface area (Å²) in [6.45, 7) is 1.84. The number of benzene rings is 2. The Labute approximate surface area is 143 Å². The third kappa shape index (κ3) is 5.16. The number of hydrogen-bond acceptors (Lipinski definition) is 3. The summed E-state index contributed by atoms with van der Waals surface area (Å²) >= 11 is 4.81. The summed E-state index contributed by atoms with van der Waals surface area (Å²) in [6.07, 6.45) is -0.563. The van der Waals surface area contributed by atoms with Crippen LogP contribution >= 0.6 is 27.7 Å². The molecule has 0 aromatic heterocycles. The number of aliphatic hydroxyl groups is 1. The number of carbonyl (C=O) groups excluding carboxylic acids is 1. The van der Waals surface area contributed by atoms with Gasteiger partial charge in [0.2, 0.25) is 5.91 Å². The molecule has 1 amide bonds. The van der Waals surface area contributed by atoms with Crippen LogP contribution < -0.4 is 5.32 Å². The number of amides is 1. The number of thioether (sulfide) groups is 1. The highest BCUT2D eigenvalue weighted by atomic mass is 79.9. The SMILES string of the molecule is CC(SCC(O)c1ccccc1)C(=O)Nc1cccc(Br)c1. The monoisotopic (exact) mass is 379 g/mol. The predicted molar refractivity (Wildman–Crippen MR) is 96.1 cm³/mol. The lowest BCUT2D eigenvalue weighted by Crippen LogP contribution is -2.23. The van der Waals surface area contributed by atoms with Gasteiger partial charge < -0.3 is 10.4 Å². The maximum Gasteiger partial charge on any atom is 0.237 e. The van der Waals surface area contributed by atoms with Gasteiger partial charge in [-0.05, 0) is 30.7 Å². The summed E-state index contributed by atoms with van der Waals surface area (Å²) in [5.74, 6) is 0.417. The van der Waals surface area contributed by atoms with E-state index < -0.39 is 6.10 Å². The molecule has 0 saturated carbocycles.